The van der Waals surface area contributed by atoms with E-state index in [0.717, 1.165) is 23.6 Å². The predicted octanol–water partition coefficient (Wildman–Crippen LogP) is 0.944. The van der Waals surface area contributed by atoms with E-state index in [1.807, 2.05) is 0 Å². The van der Waals surface area contributed by atoms with Gasteiger partial charge in [0.05, 0.1) is 11.2 Å². The number of nitrogen functional groups attached to an aromatic ring is 1. The van der Waals surface area contributed by atoms with Gasteiger partial charge in [0.1, 0.15) is 5.82 Å². The van der Waals surface area contributed by atoms with Crippen molar-refractivity contribution in [2.24, 2.45) is 0 Å². The average molecular weight is 216 g/mol. The molecule has 2 atom stereocenters. The van der Waals surface area contributed by atoms with E-state index < -0.39 is 0 Å². The van der Waals surface area contributed by atoms with Gasteiger partial charge in [0.2, 0.25) is 0 Å². The lowest BCUT2D eigenvalue weighted by molar-refractivity contribution is 0.272. The molecule has 1 aliphatic rings. The van der Waals surface area contributed by atoms with Crippen LogP contribution in [-0.2, 0) is 12.1 Å². The van der Waals surface area contributed by atoms with Crippen LogP contribution in [0.2, 0.25) is 0 Å². The van der Waals surface area contributed by atoms with Crippen molar-refractivity contribution in [2.45, 2.75) is 25.9 Å². The molecule has 4 nitrogen and oxygen atoms in total. The van der Waals surface area contributed by atoms with Gasteiger partial charge in [0.15, 0.2) is 0 Å². The Morgan fingerprint density at radius 1 is 1.46 bits per heavy atom. The van der Waals surface area contributed by atoms with Crippen LogP contribution in [0.4, 0.5) is 5.82 Å². The third-order valence-corrected chi connectivity index (χ3v) is 3.90. The molecule has 0 fully saturated rings. The minimum absolute atomic E-state index is 0.0318. The van der Waals surface area contributed by atoms with Gasteiger partial charge in [-0.3, -0.25) is 4.67 Å². The van der Waals surface area contributed by atoms with Crippen LogP contribution in [0.3, 0.4) is 0 Å². The first kappa shape index (κ1) is 9.39. The highest BCUT2D eigenvalue weighted by Gasteiger charge is 2.39. The van der Waals surface area contributed by atoms with Crippen molar-refractivity contribution in [3.8, 4) is 0 Å². The summed E-state index contributed by atoms with van der Waals surface area (Å²) in [6, 6.07) is 0. The number of anilines is 1. The average Bonchev–Trinajstić information content (AvgIpc) is 2.42. The first-order chi connectivity index (χ1) is 5.94. The Balaban J connectivity index is 2.60. The van der Waals surface area contributed by atoms with Crippen molar-refractivity contribution in [3.63, 3.8) is 0 Å². The predicted molar refractivity (Wildman–Crippen MR) is 60.0 cm³/mol. The fourth-order valence-corrected chi connectivity index (χ4v) is 2.21. The maximum Gasteiger partial charge on any atom is 0.129 e. The highest BCUT2D eigenvalue weighted by molar-refractivity contribution is 7.14. The lowest BCUT2D eigenvalue weighted by atomic mass is 10.0. The molecule has 0 bridgehead atoms. The monoisotopic (exact) mass is 216 g/mol. The molecule has 2 heterocycles. The lowest BCUT2D eigenvalue weighted by Gasteiger charge is -2.26. The number of hydrogen-bond acceptors (Lipinski definition) is 3. The minimum atomic E-state index is -0.0318. The van der Waals surface area contributed by atoms with Gasteiger partial charge in [-0.15, -0.1) is 0 Å². The third kappa shape index (κ3) is 1.13. The molecule has 1 aromatic rings. The number of hydrogen-bond donors (Lipinski definition) is 1. The van der Waals surface area contributed by atoms with Gasteiger partial charge in [-0.1, -0.05) is 9.39 Å². The fourth-order valence-electron chi connectivity index (χ4n) is 1.63. The van der Waals surface area contributed by atoms with Crippen LogP contribution in [-0.4, -0.2) is 14.2 Å². The topological polar surface area (TPSA) is 47.1 Å². The normalized spacial score (nSPS) is 20.6. The maximum atomic E-state index is 5.88. The Bertz CT molecular complexity index is 358. The molecule has 6 heteroatoms. The number of fused-ring (bicyclic) bond motifs is 1. The molecule has 13 heavy (non-hydrogen) atoms. The van der Waals surface area contributed by atoms with E-state index in [4.69, 9.17) is 5.73 Å². The first-order valence-electron chi connectivity index (χ1n) is 4.10. The SMILES string of the molecule is CC1(C)c2nn(P)c(N)c2CN1P. The fraction of sp³-hybridized carbons (Fsp3) is 0.571. The summed E-state index contributed by atoms with van der Waals surface area (Å²) in [5.41, 5.74) is 8.08. The molecular weight excluding hydrogens is 202 g/mol. The second-order valence-electron chi connectivity index (χ2n) is 3.84. The van der Waals surface area contributed by atoms with Crippen molar-refractivity contribution in [1.29, 1.82) is 0 Å². The van der Waals surface area contributed by atoms with Crippen LogP contribution >= 0.6 is 18.8 Å². The van der Waals surface area contributed by atoms with Gasteiger partial charge in [0, 0.05) is 12.1 Å². The molecular formula is C7H14N4P2. The van der Waals surface area contributed by atoms with Gasteiger partial charge in [-0.25, -0.2) is 4.45 Å². The summed E-state index contributed by atoms with van der Waals surface area (Å²) < 4.78 is 3.84. The molecule has 0 saturated carbocycles. The Morgan fingerprint density at radius 3 is 2.62 bits per heavy atom. The van der Waals surface area contributed by atoms with Gasteiger partial charge >= 0.3 is 0 Å². The summed E-state index contributed by atoms with van der Waals surface area (Å²) in [6.45, 7) is 5.14. The van der Waals surface area contributed by atoms with E-state index >= 15 is 0 Å². The summed E-state index contributed by atoms with van der Waals surface area (Å²) in [4.78, 5) is 0. The van der Waals surface area contributed by atoms with E-state index in [9.17, 15) is 0 Å². The van der Waals surface area contributed by atoms with Crippen LogP contribution < -0.4 is 5.73 Å². The molecule has 1 aliphatic heterocycles. The van der Waals surface area contributed by atoms with E-state index in [2.05, 4.69) is 42.4 Å². The van der Waals surface area contributed by atoms with Crippen LogP contribution in [0.1, 0.15) is 25.1 Å². The standard InChI is InChI=1S/C7H14N4P2/c1-7(2)5-4(3-10(7)12)6(8)11(13)9-5/h3,8,12-13H2,1-2H3. The summed E-state index contributed by atoms with van der Waals surface area (Å²) >= 11 is 0. The Labute approximate surface area is 82.4 Å². The second-order valence-corrected chi connectivity index (χ2v) is 4.96. The summed E-state index contributed by atoms with van der Waals surface area (Å²) in [5.74, 6) is 0.748. The summed E-state index contributed by atoms with van der Waals surface area (Å²) in [7, 11) is 5.22. The molecule has 0 aromatic carbocycles. The third-order valence-electron chi connectivity index (χ3n) is 2.68. The molecule has 2 rings (SSSR count). The molecule has 0 spiro atoms. The zero-order valence-electron chi connectivity index (χ0n) is 7.78. The molecule has 0 aliphatic carbocycles. The van der Waals surface area contributed by atoms with Gasteiger partial charge in [-0.2, -0.15) is 5.10 Å². The minimum Gasteiger partial charge on any atom is -0.383 e. The van der Waals surface area contributed by atoms with Crippen LogP contribution in [0.15, 0.2) is 0 Å². The van der Waals surface area contributed by atoms with Gasteiger partial charge in [-0.05, 0) is 23.2 Å². The molecule has 1 aromatic heterocycles. The van der Waals surface area contributed by atoms with E-state index in [0.29, 0.717) is 0 Å². The van der Waals surface area contributed by atoms with E-state index in [1.54, 1.807) is 4.45 Å². The Kier molecular flexibility index (Phi) is 1.92. The maximum absolute atomic E-state index is 5.88. The molecule has 2 N–H and O–H groups in total. The molecule has 0 radical (unpaired) electrons. The van der Waals surface area contributed by atoms with Crippen molar-refractivity contribution in [3.05, 3.63) is 11.3 Å². The quantitative estimate of drug-likeness (QED) is 0.656. The Morgan fingerprint density at radius 2 is 2.08 bits per heavy atom. The smallest absolute Gasteiger partial charge is 0.129 e. The van der Waals surface area contributed by atoms with Gasteiger partial charge < -0.3 is 5.73 Å². The van der Waals surface area contributed by atoms with Crippen molar-refractivity contribution >= 4 is 24.6 Å². The number of rotatable bonds is 0. The Hall–Kier alpha value is -0.170. The van der Waals surface area contributed by atoms with Gasteiger partial charge in [0.25, 0.3) is 0 Å². The van der Waals surface area contributed by atoms with Crippen LogP contribution in [0, 0.1) is 0 Å². The van der Waals surface area contributed by atoms with Crippen LogP contribution in [0.25, 0.3) is 0 Å². The molecule has 2 unspecified atom stereocenters. The van der Waals surface area contributed by atoms with E-state index in [-0.39, 0.29) is 5.54 Å². The zero-order chi connectivity index (χ0) is 9.80. The largest absolute Gasteiger partial charge is 0.383 e. The first-order valence-corrected chi connectivity index (χ1v) is 5.13. The lowest BCUT2D eigenvalue weighted by Crippen LogP contribution is -2.28. The zero-order valence-corrected chi connectivity index (χ0v) is 10.1. The number of nitrogens with zero attached hydrogens (tertiary/aromatic N) is 3. The van der Waals surface area contributed by atoms with E-state index in [1.165, 1.54) is 0 Å². The van der Waals surface area contributed by atoms with Crippen molar-refractivity contribution in [1.82, 2.24) is 14.2 Å². The van der Waals surface area contributed by atoms with Crippen molar-refractivity contribution in [2.75, 3.05) is 5.73 Å². The highest BCUT2D eigenvalue weighted by atomic mass is 31.0. The summed E-state index contributed by atoms with van der Waals surface area (Å²) in [5, 5.41) is 4.39. The number of aromatic nitrogens is 2. The summed E-state index contributed by atoms with van der Waals surface area (Å²) in [6.07, 6.45) is 0. The number of nitrogens with two attached hydrogens (primary N) is 1. The van der Waals surface area contributed by atoms with Crippen molar-refractivity contribution < 1.29 is 0 Å². The highest BCUT2D eigenvalue weighted by Crippen LogP contribution is 2.42. The van der Waals surface area contributed by atoms with Crippen LogP contribution in [0.5, 0.6) is 0 Å². The molecule has 0 amide bonds. The molecule has 72 valence electrons. The molecule has 0 saturated heterocycles. The second kappa shape index (κ2) is 2.66.